The van der Waals surface area contributed by atoms with Crippen LogP contribution in [0.3, 0.4) is 0 Å². The fourth-order valence-corrected chi connectivity index (χ4v) is 5.62. The third-order valence-corrected chi connectivity index (χ3v) is 7.74. The number of rotatable bonds is 8. The summed E-state index contributed by atoms with van der Waals surface area (Å²) in [6.45, 7) is -0.101. The molecule has 10 nitrogen and oxygen atoms in total. The number of pyridine rings is 1. The maximum absolute atomic E-state index is 14.2. The highest BCUT2D eigenvalue weighted by Gasteiger charge is 2.32. The molecule has 0 atom stereocenters. The summed E-state index contributed by atoms with van der Waals surface area (Å²) < 4.78 is 36.2. The summed E-state index contributed by atoms with van der Waals surface area (Å²) in [7, 11) is -2.75. The van der Waals surface area contributed by atoms with E-state index in [0.717, 1.165) is 4.31 Å². The second-order valence-electron chi connectivity index (χ2n) is 8.26. The van der Waals surface area contributed by atoms with Crippen molar-refractivity contribution in [2.75, 3.05) is 11.4 Å². The molecule has 0 radical (unpaired) electrons. The lowest BCUT2D eigenvalue weighted by Crippen LogP contribution is -2.33. The van der Waals surface area contributed by atoms with Crippen molar-refractivity contribution in [3.63, 3.8) is 0 Å². The molecule has 2 heterocycles. The molecule has 0 fully saturated rings. The number of amides is 1. The van der Waals surface area contributed by atoms with Crippen LogP contribution in [0.4, 0.5) is 5.69 Å². The second kappa shape index (κ2) is 10.3. The van der Waals surface area contributed by atoms with E-state index in [2.05, 4.69) is 10.1 Å². The average molecular weight is 530 g/mol. The van der Waals surface area contributed by atoms with E-state index < -0.39 is 15.9 Å². The second-order valence-corrected chi connectivity index (χ2v) is 10.1. The van der Waals surface area contributed by atoms with Gasteiger partial charge in [-0.15, -0.1) is 0 Å². The van der Waals surface area contributed by atoms with Crippen molar-refractivity contribution in [3.05, 3.63) is 108 Å². The summed E-state index contributed by atoms with van der Waals surface area (Å²) in [6.07, 6.45) is 2.69. The summed E-state index contributed by atoms with van der Waals surface area (Å²) in [5.74, 6) is -0.417. The largest absolute Gasteiger partial charge is 0.497 e. The van der Waals surface area contributed by atoms with Gasteiger partial charge >= 0.3 is 0 Å². The van der Waals surface area contributed by atoms with E-state index in [9.17, 15) is 18.4 Å². The number of fused-ring (bicyclic) bond motifs is 1. The number of nitrogens with zero attached hydrogens (tertiary/aromatic N) is 4. The van der Waals surface area contributed by atoms with Crippen LogP contribution in [0.15, 0.2) is 102 Å². The van der Waals surface area contributed by atoms with E-state index >= 15 is 0 Å². The van der Waals surface area contributed by atoms with Crippen LogP contribution in [0.1, 0.15) is 15.9 Å². The predicted molar refractivity (Wildman–Crippen MR) is 141 cm³/mol. The Labute approximate surface area is 218 Å². The van der Waals surface area contributed by atoms with Gasteiger partial charge in [-0.1, -0.05) is 48.5 Å². The first-order chi connectivity index (χ1) is 18.4. The molecule has 0 spiro atoms. The van der Waals surface area contributed by atoms with E-state index in [1.54, 1.807) is 46.6 Å². The number of hydrogen-bond acceptors (Lipinski definition) is 7. The SMILES string of the molecule is COc1ccc(S(=O)(=O)N(Cc2ccccc2)c2c(C(=O)NO)cnc3c2cnn3-c2ccccc2)cc1. The molecule has 0 aliphatic rings. The smallest absolute Gasteiger partial charge is 0.278 e. The van der Waals surface area contributed by atoms with Gasteiger partial charge in [0.1, 0.15) is 5.75 Å². The van der Waals surface area contributed by atoms with Crippen molar-refractivity contribution in [2.45, 2.75) is 11.4 Å². The van der Waals surface area contributed by atoms with Crippen molar-refractivity contribution in [3.8, 4) is 11.4 Å². The molecular weight excluding hydrogens is 506 g/mol. The topological polar surface area (TPSA) is 127 Å². The molecule has 11 heteroatoms. The van der Waals surface area contributed by atoms with Gasteiger partial charge in [0.15, 0.2) is 5.65 Å². The first kappa shape index (κ1) is 24.9. The number of anilines is 1. The minimum atomic E-state index is -4.24. The Balaban J connectivity index is 1.78. The number of carbonyl (C=O) groups excluding carboxylic acids is 1. The Morgan fingerprint density at radius 2 is 1.63 bits per heavy atom. The van der Waals surface area contributed by atoms with Gasteiger partial charge < -0.3 is 4.74 Å². The van der Waals surface area contributed by atoms with Crippen LogP contribution in [-0.2, 0) is 16.6 Å². The molecule has 0 bridgehead atoms. The van der Waals surface area contributed by atoms with Crippen molar-refractivity contribution >= 4 is 32.7 Å². The van der Waals surface area contributed by atoms with E-state index in [4.69, 9.17) is 4.74 Å². The molecule has 0 aliphatic heterocycles. The van der Waals surface area contributed by atoms with Gasteiger partial charge in [0.05, 0.1) is 47.1 Å². The van der Waals surface area contributed by atoms with Crippen LogP contribution in [-0.4, -0.2) is 41.4 Å². The van der Waals surface area contributed by atoms with Gasteiger partial charge in [-0.3, -0.25) is 14.3 Å². The third kappa shape index (κ3) is 4.56. The molecule has 0 saturated carbocycles. The Hall–Kier alpha value is -4.74. The van der Waals surface area contributed by atoms with Crippen molar-refractivity contribution in [1.82, 2.24) is 20.2 Å². The van der Waals surface area contributed by atoms with E-state index in [-0.39, 0.29) is 22.7 Å². The molecule has 3 aromatic carbocycles. The quantitative estimate of drug-likeness (QED) is 0.230. The molecule has 5 aromatic rings. The molecule has 192 valence electrons. The minimum absolute atomic E-state index is 0.00926. The zero-order valence-corrected chi connectivity index (χ0v) is 21.0. The molecule has 5 rings (SSSR count). The van der Waals surface area contributed by atoms with Gasteiger partial charge in [0.2, 0.25) is 0 Å². The van der Waals surface area contributed by atoms with Gasteiger partial charge in [0.25, 0.3) is 15.9 Å². The normalized spacial score (nSPS) is 11.3. The highest BCUT2D eigenvalue weighted by Crippen LogP contribution is 2.36. The lowest BCUT2D eigenvalue weighted by atomic mass is 10.1. The van der Waals surface area contributed by atoms with Crippen molar-refractivity contribution < 1.29 is 23.2 Å². The fourth-order valence-electron chi connectivity index (χ4n) is 4.13. The highest BCUT2D eigenvalue weighted by molar-refractivity contribution is 7.92. The number of ether oxygens (including phenoxy) is 1. The fraction of sp³-hybridized carbons (Fsp3) is 0.0741. The third-order valence-electron chi connectivity index (χ3n) is 5.98. The summed E-state index contributed by atoms with van der Waals surface area (Å²) in [6, 6.07) is 24.2. The Morgan fingerprint density at radius 1 is 0.974 bits per heavy atom. The molecular formula is C27H23N5O5S. The minimum Gasteiger partial charge on any atom is -0.497 e. The highest BCUT2D eigenvalue weighted by atomic mass is 32.2. The number of hydroxylamine groups is 1. The summed E-state index contributed by atoms with van der Waals surface area (Å²) in [4.78, 5) is 17.2. The summed E-state index contributed by atoms with van der Waals surface area (Å²) >= 11 is 0. The lowest BCUT2D eigenvalue weighted by Gasteiger charge is -2.27. The van der Waals surface area contributed by atoms with E-state index in [1.165, 1.54) is 31.6 Å². The van der Waals surface area contributed by atoms with Crippen LogP contribution in [0.25, 0.3) is 16.7 Å². The number of aromatic nitrogens is 3. The van der Waals surface area contributed by atoms with Gasteiger partial charge in [-0.25, -0.2) is 23.6 Å². The van der Waals surface area contributed by atoms with Crippen LogP contribution in [0, 0.1) is 0 Å². The van der Waals surface area contributed by atoms with Gasteiger partial charge in [0, 0.05) is 6.20 Å². The number of benzene rings is 3. The Kier molecular flexibility index (Phi) is 6.77. The molecule has 0 saturated heterocycles. The zero-order valence-electron chi connectivity index (χ0n) is 20.2. The molecule has 2 aromatic heterocycles. The summed E-state index contributed by atoms with van der Waals surface area (Å²) in [5.41, 5.74) is 3.22. The molecule has 2 N–H and O–H groups in total. The van der Waals surface area contributed by atoms with E-state index in [0.29, 0.717) is 28.0 Å². The van der Waals surface area contributed by atoms with Gasteiger partial charge in [-0.2, -0.15) is 5.10 Å². The first-order valence-electron chi connectivity index (χ1n) is 11.5. The first-order valence-corrected chi connectivity index (χ1v) is 13.0. The maximum atomic E-state index is 14.2. The number of methoxy groups -OCH3 is 1. The molecule has 0 aliphatic carbocycles. The monoisotopic (exact) mass is 529 g/mol. The number of carbonyl (C=O) groups is 1. The Bertz CT molecular complexity index is 1690. The lowest BCUT2D eigenvalue weighted by molar-refractivity contribution is 0.0707. The van der Waals surface area contributed by atoms with Crippen LogP contribution >= 0.6 is 0 Å². The summed E-state index contributed by atoms with van der Waals surface area (Å²) in [5, 5.41) is 14.2. The van der Waals surface area contributed by atoms with Crippen molar-refractivity contribution in [1.29, 1.82) is 0 Å². The number of sulfonamides is 1. The Morgan fingerprint density at radius 3 is 2.26 bits per heavy atom. The molecule has 1 amide bonds. The number of para-hydroxylation sites is 1. The van der Waals surface area contributed by atoms with E-state index in [1.807, 2.05) is 36.4 Å². The molecule has 38 heavy (non-hydrogen) atoms. The van der Waals surface area contributed by atoms with Crippen LogP contribution in [0.5, 0.6) is 5.75 Å². The van der Waals surface area contributed by atoms with Crippen molar-refractivity contribution in [2.24, 2.45) is 0 Å². The maximum Gasteiger partial charge on any atom is 0.278 e. The predicted octanol–water partition coefficient (Wildman–Crippen LogP) is 3.94. The van der Waals surface area contributed by atoms with Gasteiger partial charge in [-0.05, 0) is 42.0 Å². The molecule has 0 unspecified atom stereocenters. The van der Waals surface area contributed by atoms with Crippen LogP contribution in [0.2, 0.25) is 0 Å². The number of hydrogen-bond donors (Lipinski definition) is 2. The standard InChI is InChI=1S/C27H23N5O5S/c1-37-21-12-14-22(15-13-21)38(35,36)31(18-19-8-4-2-5-9-19)25-23-17-29-32(20-10-6-3-7-11-20)26(23)28-16-24(25)27(33)30-34/h2-17,34H,18H2,1H3,(H,30,33). The average Bonchev–Trinajstić information content (AvgIpc) is 3.40. The number of nitrogens with one attached hydrogen (secondary N) is 1. The van der Waals surface area contributed by atoms with Crippen LogP contribution < -0.4 is 14.5 Å². The zero-order chi connectivity index (χ0) is 26.7.